The Kier molecular flexibility index (Phi) is 5.80. The molecule has 0 amide bonds. The van der Waals surface area contributed by atoms with E-state index < -0.39 is 4.92 Å². The number of non-ortho nitro benzene ring substituents is 1. The molecule has 2 rings (SSSR count). The van der Waals surface area contributed by atoms with Crippen molar-refractivity contribution in [2.24, 2.45) is 0 Å². The SMILES string of the molecule is O=[N+]([O-])c1ccc(OCCNC2CCCCCC2)cc1. The van der Waals surface area contributed by atoms with Crippen molar-refractivity contribution in [2.45, 2.75) is 44.6 Å². The zero-order chi connectivity index (χ0) is 14.2. The van der Waals surface area contributed by atoms with Gasteiger partial charge in [-0.1, -0.05) is 25.7 Å². The lowest BCUT2D eigenvalue weighted by atomic mass is 10.1. The minimum absolute atomic E-state index is 0.0916. The highest BCUT2D eigenvalue weighted by atomic mass is 16.6. The van der Waals surface area contributed by atoms with Crippen molar-refractivity contribution in [2.75, 3.05) is 13.2 Å². The van der Waals surface area contributed by atoms with Crippen LogP contribution in [0.25, 0.3) is 0 Å². The van der Waals surface area contributed by atoms with E-state index in [0.29, 0.717) is 18.4 Å². The van der Waals surface area contributed by atoms with E-state index in [0.717, 1.165) is 6.54 Å². The lowest BCUT2D eigenvalue weighted by Gasteiger charge is -2.16. The third-order valence-electron chi connectivity index (χ3n) is 3.71. The van der Waals surface area contributed by atoms with Gasteiger partial charge in [0.05, 0.1) is 4.92 Å². The number of benzene rings is 1. The van der Waals surface area contributed by atoms with Crippen molar-refractivity contribution >= 4 is 5.69 Å². The second kappa shape index (κ2) is 7.85. The van der Waals surface area contributed by atoms with E-state index in [-0.39, 0.29) is 5.69 Å². The van der Waals surface area contributed by atoms with Crippen LogP contribution in [0.4, 0.5) is 5.69 Å². The van der Waals surface area contributed by atoms with Crippen LogP contribution in [0.15, 0.2) is 24.3 Å². The Hall–Kier alpha value is -1.62. The largest absolute Gasteiger partial charge is 0.492 e. The molecule has 110 valence electrons. The van der Waals surface area contributed by atoms with Gasteiger partial charge in [0.25, 0.3) is 5.69 Å². The Morgan fingerprint density at radius 2 is 1.80 bits per heavy atom. The average molecular weight is 278 g/mol. The zero-order valence-corrected chi connectivity index (χ0v) is 11.7. The van der Waals surface area contributed by atoms with Crippen molar-refractivity contribution in [1.82, 2.24) is 5.32 Å². The van der Waals surface area contributed by atoms with Crippen LogP contribution >= 0.6 is 0 Å². The van der Waals surface area contributed by atoms with Gasteiger partial charge >= 0.3 is 0 Å². The monoisotopic (exact) mass is 278 g/mol. The van der Waals surface area contributed by atoms with Gasteiger partial charge in [0, 0.05) is 24.7 Å². The lowest BCUT2D eigenvalue weighted by Crippen LogP contribution is -2.32. The van der Waals surface area contributed by atoms with Crippen LogP contribution in [0.5, 0.6) is 5.75 Å². The lowest BCUT2D eigenvalue weighted by molar-refractivity contribution is -0.384. The third kappa shape index (κ3) is 4.81. The maximum atomic E-state index is 10.5. The van der Waals surface area contributed by atoms with E-state index in [1.54, 1.807) is 12.1 Å². The summed E-state index contributed by atoms with van der Waals surface area (Å²) >= 11 is 0. The van der Waals surface area contributed by atoms with Gasteiger partial charge in [-0.2, -0.15) is 0 Å². The molecule has 1 aromatic carbocycles. The van der Waals surface area contributed by atoms with Crippen molar-refractivity contribution in [1.29, 1.82) is 0 Å². The maximum Gasteiger partial charge on any atom is 0.269 e. The van der Waals surface area contributed by atoms with E-state index >= 15 is 0 Å². The second-order valence-electron chi connectivity index (χ2n) is 5.24. The first-order valence-corrected chi connectivity index (χ1v) is 7.36. The molecule has 0 saturated heterocycles. The van der Waals surface area contributed by atoms with Crippen LogP contribution in [0.2, 0.25) is 0 Å². The normalized spacial score (nSPS) is 16.6. The maximum absolute atomic E-state index is 10.5. The van der Waals surface area contributed by atoms with Crippen molar-refractivity contribution in [3.8, 4) is 5.75 Å². The number of nitro groups is 1. The number of ether oxygens (including phenoxy) is 1. The van der Waals surface area contributed by atoms with Gasteiger partial charge in [-0.05, 0) is 25.0 Å². The third-order valence-corrected chi connectivity index (χ3v) is 3.71. The molecule has 5 nitrogen and oxygen atoms in total. The Morgan fingerprint density at radius 1 is 1.15 bits per heavy atom. The predicted octanol–water partition coefficient (Wildman–Crippen LogP) is 3.29. The molecule has 0 radical (unpaired) electrons. The molecular formula is C15H22N2O3. The number of hydrogen-bond acceptors (Lipinski definition) is 4. The van der Waals surface area contributed by atoms with Crippen LogP contribution in [-0.4, -0.2) is 24.1 Å². The molecule has 1 aliphatic carbocycles. The van der Waals surface area contributed by atoms with Crippen LogP contribution in [0.3, 0.4) is 0 Å². The molecule has 1 aliphatic rings. The summed E-state index contributed by atoms with van der Waals surface area (Å²) in [5, 5.41) is 14.1. The number of nitro benzene ring substituents is 1. The summed E-state index contributed by atoms with van der Waals surface area (Å²) in [5.41, 5.74) is 0.0916. The van der Waals surface area contributed by atoms with Crippen molar-refractivity contribution < 1.29 is 9.66 Å². The van der Waals surface area contributed by atoms with Crippen molar-refractivity contribution in [3.05, 3.63) is 34.4 Å². The molecule has 1 N–H and O–H groups in total. The molecular weight excluding hydrogens is 256 g/mol. The summed E-state index contributed by atoms with van der Waals surface area (Å²) in [6.45, 7) is 1.41. The van der Waals surface area contributed by atoms with Crippen LogP contribution in [0, 0.1) is 10.1 Å². The molecule has 0 bridgehead atoms. The summed E-state index contributed by atoms with van der Waals surface area (Å²) in [7, 11) is 0. The predicted molar refractivity (Wildman–Crippen MR) is 78.1 cm³/mol. The van der Waals surface area contributed by atoms with Gasteiger partial charge in [-0.25, -0.2) is 0 Å². The highest BCUT2D eigenvalue weighted by Crippen LogP contribution is 2.18. The molecule has 1 fully saturated rings. The molecule has 1 aromatic rings. The van der Waals surface area contributed by atoms with Crippen LogP contribution in [-0.2, 0) is 0 Å². The Bertz CT molecular complexity index is 412. The van der Waals surface area contributed by atoms with Crippen LogP contribution in [0.1, 0.15) is 38.5 Å². The molecule has 0 atom stereocenters. The van der Waals surface area contributed by atoms with E-state index in [4.69, 9.17) is 4.74 Å². The highest BCUT2D eigenvalue weighted by molar-refractivity contribution is 5.35. The molecule has 1 saturated carbocycles. The number of nitrogens with one attached hydrogen (secondary N) is 1. The summed E-state index contributed by atoms with van der Waals surface area (Å²) < 4.78 is 5.58. The second-order valence-corrected chi connectivity index (χ2v) is 5.24. The fourth-order valence-corrected chi connectivity index (χ4v) is 2.58. The quantitative estimate of drug-likeness (QED) is 0.375. The zero-order valence-electron chi connectivity index (χ0n) is 11.7. The van der Waals surface area contributed by atoms with Gasteiger partial charge in [0.1, 0.15) is 12.4 Å². The van der Waals surface area contributed by atoms with Gasteiger partial charge in [-0.15, -0.1) is 0 Å². The standard InChI is InChI=1S/C15H22N2O3/c18-17(19)14-7-9-15(10-8-14)20-12-11-16-13-5-3-1-2-4-6-13/h7-10,13,16H,1-6,11-12H2. The molecule has 0 heterocycles. The van der Waals surface area contributed by atoms with E-state index in [2.05, 4.69) is 5.32 Å². The van der Waals surface area contributed by atoms with E-state index in [9.17, 15) is 10.1 Å². The van der Waals surface area contributed by atoms with Gasteiger partial charge in [0.2, 0.25) is 0 Å². The molecule has 0 unspecified atom stereocenters. The summed E-state index contributed by atoms with van der Waals surface area (Å²) in [6, 6.07) is 6.84. The Balaban J connectivity index is 1.66. The van der Waals surface area contributed by atoms with Gasteiger partial charge in [-0.3, -0.25) is 10.1 Å². The molecule has 0 spiro atoms. The van der Waals surface area contributed by atoms with Crippen LogP contribution < -0.4 is 10.1 Å². The summed E-state index contributed by atoms with van der Waals surface area (Å²) in [6.07, 6.45) is 7.88. The molecule has 0 aromatic heterocycles. The molecule has 20 heavy (non-hydrogen) atoms. The smallest absolute Gasteiger partial charge is 0.269 e. The number of rotatable bonds is 6. The first kappa shape index (κ1) is 14.8. The summed E-state index contributed by atoms with van der Waals surface area (Å²) in [5.74, 6) is 0.679. The summed E-state index contributed by atoms with van der Waals surface area (Å²) in [4.78, 5) is 10.1. The minimum atomic E-state index is -0.405. The van der Waals surface area contributed by atoms with E-state index in [1.807, 2.05) is 0 Å². The Labute approximate surface area is 119 Å². The first-order chi connectivity index (χ1) is 9.75. The van der Waals surface area contributed by atoms with Crippen molar-refractivity contribution in [3.63, 3.8) is 0 Å². The average Bonchev–Trinajstić information content (AvgIpc) is 2.73. The number of nitrogens with zero attached hydrogens (tertiary/aromatic N) is 1. The Morgan fingerprint density at radius 3 is 2.40 bits per heavy atom. The van der Waals surface area contributed by atoms with Gasteiger partial charge < -0.3 is 10.1 Å². The number of hydrogen-bond donors (Lipinski definition) is 1. The first-order valence-electron chi connectivity index (χ1n) is 7.36. The minimum Gasteiger partial charge on any atom is -0.492 e. The molecule has 0 aliphatic heterocycles. The highest BCUT2D eigenvalue weighted by Gasteiger charge is 2.11. The fourth-order valence-electron chi connectivity index (χ4n) is 2.58. The van der Waals surface area contributed by atoms with E-state index in [1.165, 1.54) is 50.7 Å². The fraction of sp³-hybridized carbons (Fsp3) is 0.600. The van der Waals surface area contributed by atoms with Gasteiger partial charge in [0.15, 0.2) is 0 Å². The molecule has 5 heteroatoms. The topological polar surface area (TPSA) is 64.4 Å².